The van der Waals surface area contributed by atoms with Crippen molar-refractivity contribution in [1.82, 2.24) is 5.32 Å². The number of thioether (sulfide) groups is 1. The summed E-state index contributed by atoms with van der Waals surface area (Å²) in [5, 5.41) is 3.01. The van der Waals surface area contributed by atoms with Gasteiger partial charge in [-0.3, -0.25) is 4.79 Å². The average Bonchev–Trinajstić information content (AvgIpc) is 2.89. The van der Waals surface area contributed by atoms with E-state index < -0.39 is 5.82 Å². The topological polar surface area (TPSA) is 50.7 Å². The van der Waals surface area contributed by atoms with Crippen molar-refractivity contribution < 1.29 is 13.9 Å². The zero-order valence-corrected chi connectivity index (χ0v) is 14.6. The van der Waals surface area contributed by atoms with Crippen LogP contribution < -0.4 is 10.1 Å². The van der Waals surface area contributed by atoms with Crippen LogP contribution in [0, 0.1) is 5.82 Å². The van der Waals surface area contributed by atoms with Crippen LogP contribution in [0.5, 0.6) is 5.75 Å². The molecule has 1 fully saturated rings. The number of para-hydroxylation sites is 1. The summed E-state index contributed by atoms with van der Waals surface area (Å²) < 4.78 is 19.3. The molecule has 2 aromatic carbocycles. The predicted octanol–water partition coefficient (Wildman–Crippen LogP) is 4.50. The first-order valence-corrected chi connectivity index (χ1v) is 8.64. The molecule has 0 aliphatic carbocycles. The van der Waals surface area contributed by atoms with Crippen molar-refractivity contribution in [3.63, 3.8) is 0 Å². The van der Waals surface area contributed by atoms with Gasteiger partial charge in [0.05, 0.1) is 11.0 Å². The molecule has 0 bridgehead atoms. The number of nitrogens with zero attached hydrogens (tertiary/aromatic N) is 1. The molecule has 2 aromatic rings. The summed E-state index contributed by atoms with van der Waals surface area (Å²) >= 11 is 1.18. The molecule has 4 nitrogen and oxygen atoms in total. The molecule has 3 rings (SSSR count). The lowest BCUT2D eigenvalue weighted by Gasteiger charge is -2.09. The van der Waals surface area contributed by atoms with Crippen LogP contribution in [0.25, 0.3) is 6.08 Å². The second-order valence-electron chi connectivity index (χ2n) is 5.67. The summed E-state index contributed by atoms with van der Waals surface area (Å²) in [6.45, 7) is 3.91. The number of ether oxygens (including phenoxy) is 1. The molecular formula is C19H17FN2O2S. The zero-order valence-electron chi connectivity index (χ0n) is 13.8. The van der Waals surface area contributed by atoms with Crippen molar-refractivity contribution in [1.29, 1.82) is 0 Å². The van der Waals surface area contributed by atoms with E-state index in [0.29, 0.717) is 10.1 Å². The molecule has 0 saturated carbocycles. The summed E-state index contributed by atoms with van der Waals surface area (Å²) in [7, 11) is 0. The number of benzene rings is 2. The van der Waals surface area contributed by atoms with Gasteiger partial charge in [0.2, 0.25) is 0 Å². The van der Waals surface area contributed by atoms with E-state index >= 15 is 0 Å². The van der Waals surface area contributed by atoms with Gasteiger partial charge in [-0.25, -0.2) is 9.38 Å². The Morgan fingerprint density at radius 3 is 2.76 bits per heavy atom. The van der Waals surface area contributed by atoms with Gasteiger partial charge in [-0.1, -0.05) is 24.3 Å². The molecule has 1 saturated heterocycles. The molecule has 0 spiro atoms. The van der Waals surface area contributed by atoms with E-state index in [0.717, 1.165) is 11.3 Å². The van der Waals surface area contributed by atoms with E-state index in [1.165, 1.54) is 17.8 Å². The van der Waals surface area contributed by atoms with E-state index in [4.69, 9.17) is 4.74 Å². The smallest absolute Gasteiger partial charge is 0.264 e. The lowest BCUT2D eigenvalue weighted by atomic mass is 10.2. The highest BCUT2D eigenvalue weighted by Gasteiger charge is 2.24. The highest BCUT2D eigenvalue weighted by atomic mass is 32.2. The summed E-state index contributed by atoms with van der Waals surface area (Å²) in [4.78, 5) is 16.8. The summed E-state index contributed by atoms with van der Waals surface area (Å²) in [6, 6.07) is 13.7. The highest BCUT2D eigenvalue weighted by molar-refractivity contribution is 8.18. The molecule has 1 N–H and O–H groups in total. The van der Waals surface area contributed by atoms with Crippen molar-refractivity contribution in [2.45, 2.75) is 20.0 Å². The van der Waals surface area contributed by atoms with Gasteiger partial charge in [-0.05, 0) is 61.5 Å². The Balaban J connectivity index is 1.81. The Bertz CT molecular complexity index is 862. The fraction of sp³-hybridized carbons (Fsp3) is 0.158. The Hall–Kier alpha value is -2.60. The quantitative estimate of drug-likeness (QED) is 0.821. The maximum absolute atomic E-state index is 13.7. The minimum atomic E-state index is -0.430. The van der Waals surface area contributed by atoms with Crippen molar-refractivity contribution in [3.05, 3.63) is 64.8 Å². The normalized spacial score (nSPS) is 17.4. The van der Waals surface area contributed by atoms with Gasteiger partial charge in [0, 0.05) is 0 Å². The average molecular weight is 356 g/mol. The summed E-state index contributed by atoms with van der Waals surface area (Å²) in [6.07, 6.45) is 1.84. The number of carbonyl (C=O) groups is 1. The number of hydrogen-bond acceptors (Lipinski definition) is 4. The van der Waals surface area contributed by atoms with Crippen LogP contribution in [-0.4, -0.2) is 17.2 Å². The van der Waals surface area contributed by atoms with Gasteiger partial charge in [0.1, 0.15) is 17.3 Å². The molecule has 0 radical (unpaired) electrons. The van der Waals surface area contributed by atoms with E-state index in [1.807, 2.05) is 38.1 Å². The molecule has 6 heteroatoms. The number of rotatable bonds is 4. The van der Waals surface area contributed by atoms with E-state index in [2.05, 4.69) is 10.3 Å². The molecule has 1 aliphatic heterocycles. The zero-order chi connectivity index (χ0) is 17.8. The predicted molar refractivity (Wildman–Crippen MR) is 99.4 cm³/mol. The van der Waals surface area contributed by atoms with Crippen LogP contribution in [0.15, 0.2) is 58.4 Å². The number of amidine groups is 1. The van der Waals surface area contributed by atoms with Gasteiger partial charge in [-0.15, -0.1) is 0 Å². The second kappa shape index (κ2) is 7.53. The maximum atomic E-state index is 13.7. The van der Waals surface area contributed by atoms with Crippen molar-refractivity contribution in [2.75, 3.05) is 0 Å². The Kier molecular flexibility index (Phi) is 5.19. The van der Waals surface area contributed by atoms with Crippen LogP contribution in [-0.2, 0) is 4.79 Å². The Morgan fingerprint density at radius 2 is 2.00 bits per heavy atom. The third-order valence-corrected chi connectivity index (χ3v) is 4.16. The first-order valence-electron chi connectivity index (χ1n) is 7.82. The van der Waals surface area contributed by atoms with Crippen molar-refractivity contribution >= 4 is 34.6 Å². The SMILES string of the molecule is CC(C)Oc1cccc(/C=C2/SC(=Nc3ccccc3F)NC2=O)c1. The standard InChI is InChI=1S/C19H17FN2O2S/c1-12(2)24-14-7-5-6-13(10-14)11-17-18(23)22-19(25-17)21-16-9-4-3-8-15(16)20/h3-12H,1-2H3,(H,21,22,23)/b17-11+. The summed E-state index contributed by atoms with van der Waals surface area (Å²) in [5.74, 6) is 0.0593. The van der Waals surface area contributed by atoms with Gasteiger partial charge < -0.3 is 10.1 Å². The third kappa shape index (κ3) is 4.48. The number of hydrogen-bond donors (Lipinski definition) is 1. The van der Waals surface area contributed by atoms with Crippen LogP contribution in [0.2, 0.25) is 0 Å². The molecule has 1 heterocycles. The molecule has 0 aromatic heterocycles. The van der Waals surface area contributed by atoms with Gasteiger partial charge >= 0.3 is 0 Å². The van der Waals surface area contributed by atoms with Crippen LogP contribution in [0.3, 0.4) is 0 Å². The van der Waals surface area contributed by atoms with E-state index in [1.54, 1.807) is 24.3 Å². The minimum Gasteiger partial charge on any atom is -0.491 e. The molecule has 0 unspecified atom stereocenters. The number of halogens is 1. The van der Waals surface area contributed by atoms with Gasteiger partial charge in [-0.2, -0.15) is 0 Å². The largest absolute Gasteiger partial charge is 0.491 e. The molecule has 1 aliphatic rings. The van der Waals surface area contributed by atoms with Crippen LogP contribution in [0.1, 0.15) is 19.4 Å². The molecule has 1 amide bonds. The van der Waals surface area contributed by atoms with Crippen molar-refractivity contribution in [3.8, 4) is 5.75 Å². The second-order valence-corrected chi connectivity index (χ2v) is 6.70. The van der Waals surface area contributed by atoms with Crippen molar-refractivity contribution in [2.24, 2.45) is 4.99 Å². The van der Waals surface area contributed by atoms with Gasteiger partial charge in [0.15, 0.2) is 5.17 Å². The van der Waals surface area contributed by atoms with E-state index in [9.17, 15) is 9.18 Å². The maximum Gasteiger partial charge on any atom is 0.264 e. The monoisotopic (exact) mass is 356 g/mol. The summed E-state index contributed by atoms with van der Waals surface area (Å²) in [5.41, 5.74) is 1.04. The lowest BCUT2D eigenvalue weighted by Crippen LogP contribution is -2.19. The Morgan fingerprint density at radius 1 is 1.20 bits per heavy atom. The van der Waals surface area contributed by atoms with Gasteiger partial charge in [0.25, 0.3) is 5.91 Å². The number of nitrogens with one attached hydrogen (secondary N) is 1. The fourth-order valence-corrected chi connectivity index (χ4v) is 3.07. The fourth-order valence-electron chi connectivity index (χ4n) is 2.23. The molecular weight excluding hydrogens is 339 g/mol. The van der Waals surface area contributed by atoms with E-state index in [-0.39, 0.29) is 17.7 Å². The third-order valence-electron chi connectivity index (χ3n) is 3.25. The molecule has 25 heavy (non-hydrogen) atoms. The minimum absolute atomic E-state index is 0.0755. The molecule has 0 atom stereocenters. The number of carbonyl (C=O) groups excluding carboxylic acids is 1. The first-order chi connectivity index (χ1) is 12.0. The Labute approximate surface area is 149 Å². The first kappa shape index (κ1) is 17.2. The molecule has 128 valence electrons. The number of aliphatic imine (C=N–C) groups is 1. The lowest BCUT2D eigenvalue weighted by molar-refractivity contribution is -0.115. The highest BCUT2D eigenvalue weighted by Crippen LogP contribution is 2.29. The number of amides is 1. The van der Waals surface area contributed by atoms with Crippen LogP contribution in [0.4, 0.5) is 10.1 Å². The van der Waals surface area contributed by atoms with Crippen LogP contribution >= 0.6 is 11.8 Å².